The maximum atomic E-state index is 13.9. The van der Waals surface area contributed by atoms with Crippen LogP contribution in [0, 0.1) is 5.82 Å². The molecule has 1 aromatic carbocycles. The first-order valence-corrected chi connectivity index (χ1v) is 9.77. The van der Waals surface area contributed by atoms with Crippen molar-refractivity contribution in [1.29, 1.82) is 0 Å². The van der Waals surface area contributed by atoms with Crippen molar-refractivity contribution in [3.8, 4) is 5.75 Å². The quantitative estimate of drug-likeness (QED) is 0.550. The van der Waals surface area contributed by atoms with E-state index in [1.54, 1.807) is 13.1 Å². The normalized spacial score (nSPS) is 16.5. The van der Waals surface area contributed by atoms with Crippen molar-refractivity contribution in [1.82, 2.24) is 15.5 Å². The first-order valence-electron chi connectivity index (χ1n) is 9.77. The fourth-order valence-corrected chi connectivity index (χ4v) is 3.18. The second kappa shape index (κ2) is 11.0. The average molecular weight is 365 g/mol. The minimum Gasteiger partial charge on any atom is -0.491 e. The molecule has 0 aromatic heterocycles. The van der Waals surface area contributed by atoms with Crippen molar-refractivity contribution < 1.29 is 9.13 Å². The monoisotopic (exact) mass is 364 g/mol. The molecule has 0 atom stereocenters. The zero-order valence-electron chi connectivity index (χ0n) is 16.4. The molecular formula is C20H33FN4O. The number of rotatable bonds is 8. The Bertz CT molecular complexity index is 571. The Morgan fingerprint density at radius 2 is 2.08 bits per heavy atom. The van der Waals surface area contributed by atoms with Crippen LogP contribution in [0.4, 0.5) is 4.39 Å². The van der Waals surface area contributed by atoms with Crippen molar-refractivity contribution in [2.75, 3.05) is 33.3 Å². The minimum atomic E-state index is -0.325. The molecule has 146 valence electrons. The third-order valence-electron chi connectivity index (χ3n) is 4.74. The lowest BCUT2D eigenvalue weighted by Crippen LogP contribution is -2.48. The molecule has 1 heterocycles. The van der Waals surface area contributed by atoms with E-state index in [1.165, 1.54) is 25.5 Å². The number of benzene rings is 1. The highest BCUT2D eigenvalue weighted by Gasteiger charge is 2.19. The van der Waals surface area contributed by atoms with Crippen LogP contribution in [0.25, 0.3) is 0 Å². The standard InChI is InChI=1S/C20H33FN4O/c1-4-6-11-25-12-9-17(10-13-25)24-20(22-3)23-15-16-7-8-19(26-5-2)18(21)14-16/h7-8,14,17H,4-6,9-13,15H2,1-3H3,(H2,22,23,24). The summed E-state index contributed by atoms with van der Waals surface area (Å²) in [6.07, 6.45) is 4.78. The summed E-state index contributed by atoms with van der Waals surface area (Å²) < 4.78 is 19.2. The summed E-state index contributed by atoms with van der Waals surface area (Å²) in [6.45, 7) is 8.55. The maximum absolute atomic E-state index is 13.9. The fraction of sp³-hybridized carbons (Fsp3) is 0.650. The van der Waals surface area contributed by atoms with Crippen molar-refractivity contribution in [3.63, 3.8) is 0 Å². The van der Waals surface area contributed by atoms with E-state index < -0.39 is 0 Å². The van der Waals surface area contributed by atoms with Gasteiger partial charge in [-0.05, 0) is 50.4 Å². The number of unbranched alkanes of at least 4 members (excludes halogenated alkanes) is 1. The summed E-state index contributed by atoms with van der Waals surface area (Å²) in [5.74, 6) is 0.744. The predicted molar refractivity (Wildman–Crippen MR) is 105 cm³/mol. The van der Waals surface area contributed by atoms with E-state index >= 15 is 0 Å². The van der Waals surface area contributed by atoms with Crippen molar-refractivity contribution in [2.24, 2.45) is 4.99 Å². The summed E-state index contributed by atoms with van der Waals surface area (Å²) in [7, 11) is 1.77. The van der Waals surface area contributed by atoms with Crippen molar-refractivity contribution >= 4 is 5.96 Å². The predicted octanol–water partition coefficient (Wildman–Crippen LogP) is 3.15. The molecule has 0 radical (unpaired) electrons. The molecule has 5 nitrogen and oxygen atoms in total. The van der Waals surface area contributed by atoms with Crippen molar-refractivity contribution in [2.45, 2.75) is 52.1 Å². The van der Waals surface area contributed by atoms with Gasteiger partial charge in [-0.3, -0.25) is 4.99 Å². The molecular weight excluding hydrogens is 331 g/mol. The van der Waals surface area contributed by atoms with Crippen LogP contribution in [0.1, 0.15) is 45.1 Å². The fourth-order valence-electron chi connectivity index (χ4n) is 3.18. The molecule has 2 rings (SSSR count). The number of piperidine rings is 1. The second-order valence-electron chi connectivity index (χ2n) is 6.74. The van der Waals surface area contributed by atoms with E-state index in [0.29, 0.717) is 24.9 Å². The lowest BCUT2D eigenvalue weighted by Gasteiger charge is -2.33. The highest BCUT2D eigenvalue weighted by molar-refractivity contribution is 5.79. The summed E-state index contributed by atoms with van der Waals surface area (Å²) in [5, 5.41) is 6.77. The van der Waals surface area contributed by atoms with Gasteiger partial charge in [-0.15, -0.1) is 0 Å². The van der Waals surface area contributed by atoms with Gasteiger partial charge in [-0.25, -0.2) is 4.39 Å². The minimum absolute atomic E-state index is 0.300. The number of guanidine groups is 1. The number of nitrogens with one attached hydrogen (secondary N) is 2. The number of hydrogen-bond acceptors (Lipinski definition) is 3. The number of nitrogens with zero attached hydrogens (tertiary/aromatic N) is 2. The highest BCUT2D eigenvalue weighted by Crippen LogP contribution is 2.18. The number of aliphatic imine (C=N–C) groups is 1. The Hall–Kier alpha value is -1.82. The molecule has 1 saturated heterocycles. The summed E-state index contributed by atoms with van der Waals surface area (Å²) in [6, 6.07) is 5.51. The Balaban J connectivity index is 1.77. The van der Waals surface area contributed by atoms with Crippen LogP contribution in [0.15, 0.2) is 23.2 Å². The molecule has 26 heavy (non-hydrogen) atoms. The van der Waals surface area contributed by atoms with Gasteiger partial charge in [-0.2, -0.15) is 0 Å². The molecule has 0 saturated carbocycles. The Kier molecular flexibility index (Phi) is 8.68. The van der Waals surface area contributed by atoms with Crippen LogP contribution in [0.5, 0.6) is 5.75 Å². The van der Waals surface area contributed by atoms with Crippen LogP contribution < -0.4 is 15.4 Å². The number of ether oxygens (including phenoxy) is 1. The van der Waals surface area contributed by atoms with Gasteiger partial charge in [0.1, 0.15) is 0 Å². The molecule has 0 amide bonds. The van der Waals surface area contributed by atoms with Crippen molar-refractivity contribution in [3.05, 3.63) is 29.6 Å². The van der Waals surface area contributed by atoms with Gasteiger partial charge in [0, 0.05) is 32.7 Å². The molecule has 1 aromatic rings. The molecule has 1 fully saturated rings. The zero-order valence-corrected chi connectivity index (χ0v) is 16.4. The molecule has 1 aliphatic heterocycles. The number of hydrogen-bond donors (Lipinski definition) is 2. The van der Waals surface area contributed by atoms with Crippen LogP contribution in [-0.4, -0.2) is 50.2 Å². The van der Waals surface area contributed by atoms with E-state index in [-0.39, 0.29) is 5.82 Å². The summed E-state index contributed by atoms with van der Waals surface area (Å²) in [4.78, 5) is 6.84. The zero-order chi connectivity index (χ0) is 18.8. The van der Waals surface area contributed by atoms with Gasteiger partial charge >= 0.3 is 0 Å². The van der Waals surface area contributed by atoms with Gasteiger partial charge < -0.3 is 20.3 Å². The first-order chi connectivity index (χ1) is 12.7. The second-order valence-corrected chi connectivity index (χ2v) is 6.74. The molecule has 0 bridgehead atoms. The van der Waals surface area contributed by atoms with Crippen LogP contribution in [0.2, 0.25) is 0 Å². The van der Waals surface area contributed by atoms with E-state index in [4.69, 9.17) is 4.74 Å². The molecule has 2 N–H and O–H groups in total. The third-order valence-corrected chi connectivity index (χ3v) is 4.74. The van der Waals surface area contributed by atoms with Gasteiger partial charge in [0.15, 0.2) is 17.5 Å². The molecule has 1 aliphatic rings. The largest absolute Gasteiger partial charge is 0.491 e. The topological polar surface area (TPSA) is 48.9 Å². The van der Waals surface area contributed by atoms with Gasteiger partial charge in [0.2, 0.25) is 0 Å². The van der Waals surface area contributed by atoms with E-state index in [2.05, 4.69) is 27.4 Å². The SMILES string of the molecule is CCCCN1CCC(NC(=NC)NCc2ccc(OCC)c(F)c2)CC1. The third kappa shape index (κ3) is 6.48. The smallest absolute Gasteiger partial charge is 0.191 e. The van der Waals surface area contributed by atoms with E-state index in [1.807, 2.05) is 13.0 Å². The molecule has 0 spiro atoms. The molecule has 6 heteroatoms. The molecule has 0 unspecified atom stereocenters. The van der Waals surface area contributed by atoms with Gasteiger partial charge in [0.05, 0.1) is 6.61 Å². The lowest BCUT2D eigenvalue weighted by atomic mass is 10.0. The van der Waals surface area contributed by atoms with Crippen LogP contribution >= 0.6 is 0 Å². The summed E-state index contributed by atoms with van der Waals surface area (Å²) >= 11 is 0. The van der Waals surface area contributed by atoms with Crippen LogP contribution in [0.3, 0.4) is 0 Å². The highest BCUT2D eigenvalue weighted by atomic mass is 19.1. The lowest BCUT2D eigenvalue weighted by molar-refractivity contribution is 0.203. The Labute approximate surface area is 157 Å². The summed E-state index contributed by atoms with van der Waals surface area (Å²) in [5.41, 5.74) is 0.864. The maximum Gasteiger partial charge on any atom is 0.191 e. The van der Waals surface area contributed by atoms with E-state index in [9.17, 15) is 4.39 Å². The van der Waals surface area contributed by atoms with Crippen LogP contribution in [-0.2, 0) is 6.54 Å². The van der Waals surface area contributed by atoms with E-state index in [0.717, 1.165) is 37.5 Å². The van der Waals surface area contributed by atoms with Gasteiger partial charge in [-0.1, -0.05) is 19.4 Å². The van der Waals surface area contributed by atoms with Gasteiger partial charge in [0.25, 0.3) is 0 Å². The first kappa shape index (κ1) is 20.5. The Morgan fingerprint density at radius 3 is 2.69 bits per heavy atom. The number of likely N-dealkylation sites (tertiary alicyclic amines) is 1. The Morgan fingerprint density at radius 1 is 1.31 bits per heavy atom. The number of halogens is 1. The average Bonchev–Trinajstić information content (AvgIpc) is 2.66. The molecule has 0 aliphatic carbocycles.